The van der Waals surface area contributed by atoms with Gasteiger partial charge in [-0.15, -0.1) is 11.8 Å². The predicted molar refractivity (Wildman–Crippen MR) is 83.5 cm³/mol. The molecule has 0 atom stereocenters. The molecule has 1 N–H and O–H groups in total. The van der Waals surface area contributed by atoms with Crippen LogP contribution in [0, 0.1) is 0 Å². The van der Waals surface area contributed by atoms with Gasteiger partial charge in [-0.25, -0.2) is 0 Å². The van der Waals surface area contributed by atoms with Crippen LogP contribution in [-0.4, -0.2) is 12.2 Å². The number of carbonyl (C=O) groups excluding carboxylic acids is 1. The molecule has 0 saturated carbocycles. The molecule has 0 saturated heterocycles. The molecule has 4 heteroatoms. The highest BCUT2D eigenvalue weighted by Gasteiger charge is 2.04. The van der Waals surface area contributed by atoms with Crippen molar-refractivity contribution in [2.24, 2.45) is 0 Å². The molecule has 19 heavy (non-hydrogen) atoms. The van der Waals surface area contributed by atoms with Crippen LogP contribution in [0.3, 0.4) is 0 Å². The molecule has 0 aliphatic heterocycles. The molecule has 0 aliphatic carbocycles. The molecule has 0 unspecified atom stereocenters. The lowest BCUT2D eigenvalue weighted by Crippen LogP contribution is -2.22. The van der Waals surface area contributed by atoms with E-state index >= 15 is 0 Å². The monoisotopic (exact) mass is 335 g/mol. The van der Waals surface area contributed by atoms with E-state index in [1.165, 1.54) is 4.90 Å². The number of halogens is 1. The minimum absolute atomic E-state index is 0.0542. The summed E-state index contributed by atoms with van der Waals surface area (Å²) < 4.78 is 0.969. The van der Waals surface area contributed by atoms with Crippen LogP contribution in [0.2, 0.25) is 0 Å². The molecule has 2 rings (SSSR count). The highest BCUT2D eigenvalue weighted by atomic mass is 79.9. The van der Waals surface area contributed by atoms with E-state index in [1.807, 2.05) is 30.5 Å². The maximum Gasteiger partial charge on any atom is 0.251 e. The third-order valence-electron chi connectivity index (χ3n) is 2.72. The molecule has 0 aliphatic rings. The van der Waals surface area contributed by atoms with Crippen LogP contribution < -0.4 is 5.32 Å². The lowest BCUT2D eigenvalue weighted by molar-refractivity contribution is 0.0951. The number of hydrogen-bond donors (Lipinski definition) is 1. The quantitative estimate of drug-likeness (QED) is 0.852. The largest absolute Gasteiger partial charge is 0.348 e. The molecule has 2 aromatic carbocycles. The SMILES string of the molecule is CSc1ccc(CNC(=O)c2ccc(Br)cc2)cc1. The fourth-order valence-corrected chi connectivity index (χ4v) is 2.30. The van der Waals surface area contributed by atoms with Gasteiger partial charge in [0.25, 0.3) is 5.91 Å². The summed E-state index contributed by atoms with van der Waals surface area (Å²) in [6, 6.07) is 15.5. The van der Waals surface area contributed by atoms with E-state index in [9.17, 15) is 4.79 Å². The fraction of sp³-hybridized carbons (Fsp3) is 0.133. The summed E-state index contributed by atoms with van der Waals surface area (Å²) >= 11 is 5.06. The Hall–Kier alpha value is -1.26. The normalized spacial score (nSPS) is 10.2. The molecule has 0 radical (unpaired) electrons. The Labute approximate surface area is 125 Å². The Balaban J connectivity index is 1.94. The second-order valence-electron chi connectivity index (χ2n) is 4.04. The van der Waals surface area contributed by atoms with Crippen molar-refractivity contribution >= 4 is 33.6 Å². The lowest BCUT2D eigenvalue weighted by Gasteiger charge is -2.06. The number of hydrogen-bond acceptors (Lipinski definition) is 2. The highest BCUT2D eigenvalue weighted by Crippen LogP contribution is 2.15. The summed E-state index contributed by atoms with van der Waals surface area (Å²) in [6.45, 7) is 0.545. The Kier molecular flexibility index (Phi) is 5.05. The third-order valence-corrected chi connectivity index (χ3v) is 3.99. The van der Waals surface area contributed by atoms with Crippen LogP contribution in [0.5, 0.6) is 0 Å². The van der Waals surface area contributed by atoms with E-state index in [-0.39, 0.29) is 5.91 Å². The Morgan fingerprint density at radius 1 is 1.11 bits per heavy atom. The number of amides is 1. The van der Waals surface area contributed by atoms with Crippen LogP contribution in [-0.2, 0) is 6.54 Å². The smallest absolute Gasteiger partial charge is 0.251 e. The maximum atomic E-state index is 11.9. The lowest BCUT2D eigenvalue weighted by atomic mass is 10.2. The minimum atomic E-state index is -0.0542. The number of thioether (sulfide) groups is 1. The summed E-state index contributed by atoms with van der Waals surface area (Å²) in [5.41, 5.74) is 1.77. The van der Waals surface area contributed by atoms with Gasteiger partial charge < -0.3 is 5.32 Å². The van der Waals surface area contributed by atoms with Crippen LogP contribution in [0.1, 0.15) is 15.9 Å². The molecule has 0 aromatic heterocycles. The van der Waals surface area contributed by atoms with Crippen LogP contribution in [0.4, 0.5) is 0 Å². The van der Waals surface area contributed by atoms with E-state index in [1.54, 1.807) is 23.9 Å². The molecule has 0 fully saturated rings. The van der Waals surface area contributed by atoms with Crippen molar-refractivity contribution < 1.29 is 4.79 Å². The van der Waals surface area contributed by atoms with Crippen molar-refractivity contribution in [2.75, 3.05) is 6.26 Å². The standard InChI is InChI=1S/C15H14BrNOS/c1-19-14-8-2-11(3-9-14)10-17-15(18)12-4-6-13(16)7-5-12/h2-9H,10H2,1H3,(H,17,18). The van der Waals surface area contributed by atoms with Crippen molar-refractivity contribution in [3.05, 3.63) is 64.1 Å². The third kappa shape index (κ3) is 4.11. The Morgan fingerprint density at radius 3 is 2.32 bits per heavy atom. The molecular formula is C15H14BrNOS. The van der Waals surface area contributed by atoms with Crippen LogP contribution in [0.25, 0.3) is 0 Å². The first kappa shape index (κ1) is 14.2. The molecule has 98 valence electrons. The van der Waals surface area contributed by atoms with Crippen molar-refractivity contribution in [1.82, 2.24) is 5.32 Å². The molecule has 1 amide bonds. The first-order chi connectivity index (χ1) is 9.19. The van der Waals surface area contributed by atoms with Crippen LogP contribution in [0.15, 0.2) is 57.9 Å². The van der Waals surface area contributed by atoms with E-state index in [2.05, 4.69) is 33.4 Å². The molecule has 2 nitrogen and oxygen atoms in total. The minimum Gasteiger partial charge on any atom is -0.348 e. The summed E-state index contributed by atoms with van der Waals surface area (Å²) in [4.78, 5) is 13.1. The van der Waals surface area contributed by atoms with Gasteiger partial charge in [-0.05, 0) is 48.2 Å². The van der Waals surface area contributed by atoms with Crippen molar-refractivity contribution in [2.45, 2.75) is 11.4 Å². The zero-order chi connectivity index (χ0) is 13.7. The van der Waals surface area contributed by atoms with Gasteiger partial charge in [0.05, 0.1) is 0 Å². The van der Waals surface area contributed by atoms with Gasteiger partial charge >= 0.3 is 0 Å². The number of carbonyl (C=O) groups is 1. The zero-order valence-corrected chi connectivity index (χ0v) is 12.9. The van der Waals surface area contributed by atoms with Crippen molar-refractivity contribution in [3.63, 3.8) is 0 Å². The topological polar surface area (TPSA) is 29.1 Å². The number of nitrogens with one attached hydrogen (secondary N) is 1. The Bertz CT molecular complexity index is 551. The van der Waals surface area contributed by atoms with E-state index in [0.717, 1.165) is 10.0 Å². The van der Waals surface area contributed by atoms with Crippen LogP contribution >= 0.6 is 27.7 Å². The van der Waals surface area contributed by atoms with Gasteiger partial charge in [0.15, 0.2) is 0 Å². The van der Waals surface area contributed by atoms with Gasteiger partial charge in [0, 0.05) is 21.5 Å². The average Bonchev–Trinajstić information content (AvgIpc) is 2.46. The van der Waals surface area contributed by atoms with E-state index in [0.29, 0.717) is 12.1 Å². The summed E-state index contributed by atoms with van der Waals surface area (Å²) in [7, 11) is 0. The van der Waals surface area contributed by atoms with Crippen molar-refractivity contribution in [1.29, 1.82) is 0 Å². The van der Waals surface area contributed by atoms with E-state index in [4.69, 9.17) is 0 Å². The molecule has 2 aromatic rings. The second-order valence-corrected chi connectivity index (χ2v) is 5.83. The summed E-state index contributed by atoms with van der Waals surface area (Å²) in [5.74, 6) is -0.0542. The van der Waals surface area contributed by atoms with Gasteiger partial charge in [0.1, 0.15) is 0 Å². The van der Waals surface area contributed by atoms with Crippen molar-refractivity contribution in [3.8, 4) is 0 Å². The highest BCUT2D eigenvalue weighted by molar-refractivity contribution is 9.10. The van der Waals surface area contributed by atoms with Gasteiger partial charge in [-0.3, -0.25) is 4.79 Å². The Morgan fingerprint density at radius 2 is 1.74 bits per heavy atom. The second kappa shape index (κ2) is 6.78. The summed E-state index contributed by atoms with van der Waals surface area (Å²) in [5, 5.41) is 2.91. The zero-order valence-electron chi connectivity index (χ0n) is 10.5. The fourth-order valence-electron chi connectivity index (χ4n) is 1.63. The first-order valence-electron chi connectivity index (χ1n) is 5.86. The van der Waals surface area contributed by atoms with Gasteiger partial charge in [0.2, 0.25) is 0 Å². The van der Waals surface area contributed by atoms with Gasteiger partial charge in [-0.1, -0.05) is 28.1 Å². The maximum absolute atomic E-state index is 11.9. The summed E-state index contributed by atoms with van der Waals surface area (Å²) in [6.07, 6.45) is 2.05. The van der Waals surface area contributed by atoms with Gasteiger partial charge in [-0.2, -0.15) is 0 Å². The number of rotatable bonds is 4. The van der Waals surface area contributed by atoms with E-state index < -0.39 is 0 Å². The number of benzene rings is 2. The molecular weight excluding hydrogens is 322 g/mol. The first-order valence-corrected chi connectivity index (χ1v) is 7.87. The average molecular weight is 336 g/mol. The molecule has 0 heterocycles. The molecule has 0 bridgehead atoms. The molecule has 0 spiro atoms. The predicted octanol–water partition coefficient (Wildman–Crippen LogP) is 4.10.